The maximum absolute atomic E-state index is 12.7. The topological polar surface area (TPSA) is 98.8 Å². The van der Waals surface area contributed by atoms with Crippen LogP contribution in [0.15, 0.2) is 78.9 Å². The number of nitrogens with one attached hydrogen (secondary N) is 1. The summed E-state index contributed by atoms with van der Waals surface area (Å²) in [5.74, 6) is -1.42. The highest BCUT2D eigenvalue weighted by molar-refractivity contribution is 7.88. The van der Waals surface area contributed by atoms with E-state index in [-0.39, 0.29) is 18.6 Å². The van der Waals surface area contributed by atoms with Gasteiger partial charge in [-0.25, -0.2) is 10.3 Å². The Kier molecular flexibility index (Phi) is 7.57. The molecule has 0 atom stereocenters. The minimum Gasteiger partial charge on any atom is -0.376 e. The number of hydrogen-bond donors (Lipinski definition) is 1. The number of benzene rings is 3. The third kappa shape index (κ3) is 6.35. The van der Waals surface area contributed by atoms with Crippen LogP contribution in [0.3, 0.4) is 0 Å². The van der Waals surface area contributed by atoms with E-state index in [0.29, 0.717) is 22.4 Å². The number of aryl methyl sites for hydroxylation is 1. The van der Waals surface area contributed by atoms with Gasteiger partial charge in [0.25, 0.3) is 0 Å². The molecule has 3 aromatic carbocycles. The van der Waals surface area contributed by atoms with E-state index >= 15 is 0 Å². The van der Waals surface area contributed by atoms with Gasteiger partial charge in [0.1, 0.15) is 5.75 Å². The highest BCUT2D eigenvalue weighted by Gasteiger charge is 2.48. The molecule has 0 fully saturated rings. The summed E-state index contributed by atoms with van der Waals surface area (Å²) in [5.41, 5.74) is -1.43. The van der Waals surface area contributed by atoms with Crippen LogP contribution in [0.5, 0.6) is 5.75 Å². The Morgan fingerprint density at radius 2 is 1.47 bits per heavy atom. The highest BCUT2D eigenvalue weighted by Crippen LogP contribution is 2.27. The third-order valence-corrected chi connectivity index (χ3v) is 5.49. The number of alkyl halides is 3. The van der Waals surface area contributed by atoms with Crippen molar-refractivity contribution < 1.29 is 40.2 Å². The van der Waals surface area contributed by atoms with Gasteiger partial charge in [0.2, 0.25) is 0 Å². The lowest BCUT2D eigenvalue weighted by Gasteiger charge is -2.11. The van der Waals surface area contributed by atoms with Crippen LogP contribution < -0.4 is 9.66 Å². The first-order chi connectivity index (χ1) is 16.1. The zero-order chi connectivity index (χ0) is 24.8. The molecule has 178 valence electrons. The standard InChI is InChI=1S/C23H18F3NO6S/c24-23(25,26)34(30,31)33-18-13-10-16(11-14-18)12-15-21(28)32-27-20-9-5-4-8-19(20)22(29)17-6-2-1-3-7-17/h1-11,13-14,27H,12,15H2. The Balaban J connectivity index is 1.54. The summed E-state index contributed by atoms with van der Waals surface area (Å²) in [6, 6.07) is 19.9. The Bertz CT molecular complexity index is 1260. The number of hydrogen-bond acceptors (Lipinski definition) is 7. The summed E-state index contributed by atoms with van der Waals surface area (Å²) in [6.07, 6.45) is 0.0697. The van der Waals surface area contributed by atoms with E-state index in [1.165, 1.54) is 12.1 Å². The third-order valence-electron chi connectivity index (χ3n) is 4.51. The average Bonchev–Trinajstić information content (AvgIpc) is 2.81. The summed E-state index contributed by atoms with van der Waals surface area (Å²) in [4.78, 5) is 29.8. The SMILES string of the molecule is O=C(CCc1ccc(OS(=O)(=O)C(F)(F)F)cc1)ONc1ccccc1C(=O)c1ccccc1. The van der Waals surface area contributed by atoms with Crippen LogP contribution in [-0.4, -0.2) is 25.7 Å². The molecule has 0 saturated heterocycles. The Hall–Kier alpha value is -3.86. The molecule has 11 heteroatoms. The second kappa shape index (κ2) is 10.4. The van der Waals surface area contributed by atoms with Gasteiger partial charge < -0.3 is 9.02 Å². The molecule has 0 aliphatic heterocycles. The largest absolute Gasteiger partial charge is 0.534 e. The van der Waals surface area contributed by atoms with E-state index < -0.39 is 27.3 Å². The van der Waals surface area contributed by atoms with Crippen LogP contribution >= 0.6 is 0 Å². The fourth-order valence-electron chi connectivity index (χ4n) is 2.81. The molecule has 0 unspecified atom stereocenters. The van der Waals surface area contributed by atoms with E-state index in [0.717, 1.165) is 12.1 Å². The quantitative estimate of drug-likeness (QED) is 0.201. The summed E-state index contributed by atoms with van der Waals surface area (Å²) < 4.78 is 63.2. The van der Waals surface area contributed by atoms with Gasteiger partial charge in [-0.05, 0) is 36.2 Å². The lowest BCUT2D eigenvalue weighted by molar-refractivity contribution is -0.140. The van der Waals surface area contributed by atoms with Crippen LogP contribution in [0.1, 0.15) is 27.9 Å². The van der Waals surface area contributed by atoms with Crippen molar-refractivity contribution in [3.05, 3.63) is 95.6 Å². The summed E-state index contributed by atoms with van der Waals surface area (Å²) >= 11 is 0. The molecule has 0 saturated carbocycles. The van der Waals surface area contributed by atoms with Gasteiger partial charge in [-0.15, -0.1) is 0 Å². The first-order valence-electron chi connectivity index (χ1n) is 9.81. The number of anilines is 1. The van der Waals surface area contributed by atoms with Gasteiger partial charge in [0, 0.05) is 11.1 Å². The maximum Gasteiger partial charge on any atom is 0.534 e. The van der Waals surface area contributed by atoms with Crippen molar-refractivity contribution in [1.29, 1.82) is 0 Å². The summed E-state index contributed by atoms with van der Waals surface area (Å²) in [6.45, 7) is 0. The zero-order valence-corrected chi connectivity index (χ0v) is 18.2. The lowest BCUT2D eigenvalue weighted by atomic mass is 10.0. The van der Waals surface area contributed by atoms with Crippen molar-refractivity contribution in [3.63, 3.8) is 0 Å². The number of carbonyl (C=O) groups excluding carboxylic acids is 2. The van der Waals surface area contributed by atoms with Crippen molar-refractivity contribution in [2.45, 2.75) is 18.3 Å². The molecule has 0 aromatic heterocycles. The maximum atomic E-state index is 12.7. The fraction of sp³-hybridized carbons (Fsp3) is 0.130. The molecule has 0 aliphatic carbocycles. The van der Waals surface area contributed by atoms with Crippen molar-refractivity contribution in [1.82, 2.24) is 0 Å². The number of rotatable bonds is 9. The first kappa shape index (κ1) is 24.8. The van der Waals surface area contributed by atoms with Gasteiger partial charge in [-0.3, -0.25) is 4.79 Å². The van der Waals surface area contributed by atoms with E-state index in [9.17, 15) is 31.2 Å². The second-order valence-electron chi connectivity index (χ2n) is 6.94. The highest BCUT2D eigenvalue weighted by atomic mass is 32.2. The average molecular weight is 493 g/mol. The normalized spacial score (nSPS) is 11.5. The molecule has 3 aromatic rings. The van der Waals surface area contributed by atoms with E-state index in [4.69, 9.17) is 4.84 Å². The number of halogens is 3. The van der Waals surface area contributed by atoms with Crippen LogP contribution in [0.2, 0.25) is 0 Å². The summed E-state index contributed by atoms with van der Waals surface area (Å²) in [5, 5.41) is 0. The lowest BCUT2D eigenvalue weighted by Crippen LogP contribution is -2.28. The summed E-state index contributed by atoms with van der Waals surface area (Å²) in [7, 11) is -5.76. The number of ketones is 1. The smallest absolute Gasteiger partial charge is 0.376 e. The molecule has 1 N–H and O–H groups in total. The van der Waals surface area contributed by atoms with Gasteiger partial charge in [0.05, 0.1) is 12.1 Å². The molecule has 7 nitrogen and oxygen atoms in total. The molecule has 0 aliphatic rings. The fourth-order valence-corrected chi connectivity index (χ4v) is 3.27. The minimum absolute atomic E-state index is 0.0944. The Labute approximate surface area is 193 Å². The molecule has 34 heavy (non-hydrogen) atoms. The van der Waals surface area contributed by atoms with Crippen molar-refractivity contribution in [2.75, 3.05) is 5.48 Å². The predicted molar refractivity (Wildman–Crippen MR) is 116 cm³/mol. The van der Waals surface area contributed by atoms with E-state index in [2.05, 4.69) is 9.66 Å². The monoisotopic (exact) mass is 493 g/mol. The number of carbonyl (C=O) groups is 2. The van der Waals surface area contributed by atoms with Gasteiger partial charge in [-0.2, -0.15) is 21.6 Å². The zero-order valence-electron chi connectivity index (χ0n) is 17.4. The molecule has 0 bridgehead atoms. The molecular formula is C23H18F3NO6S. The van der Waals surface area contributed by atoms with Crippen molar-refractivity contribution in [2.24, 2.45) is 0 Å². The van der Waals surface area contributed by atoms with Gasteiger partial charge in [0.15, 0.2) is 5.78 Å². The molecule has 0 radical (unpaired) electrons. The molecule has 0 amide bonds. The first-order valence-corrected chi connectivity index (χ1v) is 11.2. The van der Waals surface area contributed by atoms with Crippen LogP contribution in [0, 0.1) is 0 Å². The van der Waals surface area contributed by atoms with E-state index in [1.54, 1.807) is 54.6 Å². The predicted octanol–water partition coefficient (Wildman–Crippen LogP) is 4.65. The Morgan fingerprint density at radius 3 is 2.12 bits per heavy atom. The van der Waals surface area contributed by atoms with Crippen molar-refractivity contribution in [3.8, 4) is 5.75 Å². The minimum atomic E-state index is -5.76. The van der Waals surface area contributed by atoms with Gasteiger partial charge in [-0.1, -0.05) is 54.6 Å². The molecule has 3 rings (SSSR count). The molecule has 0 spiro atoms. The van der Waals surface area contributed by atoms with Crippen LogP contribution in [0.25, 0.3) is 0 Å². The van der Waals surface area contributed by atoms with Crippen LogP contribution in [0.4, 0.5) is 18.9 Å². The van der Waals surface area contributed by atoms with Gasteiger partial charge >= 0.3 is 21.6 Å². The van der Waals surface area contributed by atoms with Crippen LogP contribution in [-0.2, 0) is 26.2 Å². The number of para-hydroxylation sites is 1. The second-order valence-corrected chi connectivity index (χ2v) is 8.48. The van der Waals surface area contributed by atoms with E-state index in [1.807, 2.05) is 0 Å². The Morgan fingerprint density at radius 1 is 0.853 bits per heavy atom. The molecule has 0 heterocycles. The molecular weight excluding hydrogens is 475 g/mol. The van der Waals surface area contributed by atoms with Crippen molar-refractivity contribution >= 4 is 27.6 Å².